The molecule has 0 aliphatic carbocycles. The van der Waals surface area contributed by atoms with E-state index in [1.807, 2.05) is 7.11 Å². The molecular weight excluding hydrogens is 462 g/mol. The van der Waals surface area contributed by atoms with Crippen molar-refractivity contribution in [3.63, 3.8) is 0 Å². The quantitative estimate of drug-likeness (QED) is 0.431. The molecule has 0 saturated heterocycles. The first kappa shape index (κ1) is 23.2. The topological polar surface area (TPSA) is 41.2 Å². The molecule has 0 fully saturated rings. The van der Waals surface area contributed by atoms with Crippen LogP contribution in [0.2, 0.25) is 0 Å². The fourth-order valence-corrected chi connectivity index (χ4v) is 6.06. The van der Waals surface area contributed by atoms with E-state index >= 15 is 0 Å². The Morgan fingerprint density at radius 3 is 2.41 bits per heavy atom. The first-order chi connectivity index (χ1) is 15.5. The van der Waals surface area contributed by atoms with E-state index in [1.165, 1.54) is 44.8 Å². The predicted molar refractivity (Wildman–Crippen MR) is 134 cm³/mol. The van der Waals surface area contributed by atoms with Crippen LogP contribution < -0.4 is 0 Å². The molecular formula is C27H34BrN3O. The van der Waals surface area contributed by atoms with Gasteiger partial charge < -0.3 is 4.74 Å². The lowest BCUT2D eigenvalue weighted by Crippen LogP contribution is -2.46. The highest BCUT2D eigenvalue weighted by Crippen LogP contribution is 2.41. The first-order valence-corrected chi connectivity index (χ1v) is 12.4. The van der Waals surface area contributed by atoms with Gasteiger partial charge in [-0.3, -0.25) is 10.00 Å². The van der Waals surface area contributed by atoms with Gasteiger partial charge in [0.15, 0.2) is 0 Å². The molecule has 4 nitrogen and oxygen atoms in total. The van der Waals surface area contributed by atoms with Crippen LogP contribution in [0.15, 0.2) is 40.9 Å². The Hall–Kier alpha value is -1.95. The number of hydrogen-bond donors (Lipinski definition) is 1. The molecule has 4 rings (SSSR count). The van der Waals surface area contributed by atoms with Gasteiger partial charge in [0, 0.05) is 35.4 Å². The van der Waals surface area contributed by atoms with E-state index in [9.17, 15) is 0 Å². The van der Waals surface area contributed by atoms with Crippen molar-refractivity contribution in [2.45, 2.75) is 65.6 Å². The minimum Gasteiger partial charge on any atom is -0.383 e. The molecule has 0 bridgehead atoms. The van der Waals surface area contributed by atoms with Gasteiger partial charge in [-0.15, -0.1) is 0 Å². The van der Waals surface area contributed by atoms with Gasteiger partial charge in [0.05, 0.1) is 18.3 Å². The number of aromatic amines is 1. The number of H-pyrrole nitrogens is 1. The summed E-state index contributed by atoms with van der Waals surface area (Å²) in [5, 5.41) is 8.11. The van der Waals surface area contributed by atoms with E-state index in [1.54, 1.807) is 0 Å². The smallest absolute Gasteiger partial charge is 0.0673 e. The van der Waals surface area contributed by atoms with Crippen LogP contribution in [-0.2, 0) is 30.5 Å². The van der Waals surface area contributed by atoms with Gasteiger partial charge in [0.25, 0.3) is 0 Å². The van der Waals surface area contributed by atoms with Crippen molar-refractivity contribution in [1.82, 2.24) is 15.1 Å². The van der Waals surface area contributed by atoms with Crippen molar-refractivity contribution in [1.29, 1.82) is 0 Å². The number of rotatable bonds is 7. The zero-order valence-electron chi connectivity index (χ0n) is 19.8. The Bertz CT molecular complexity index is 1050. The summed E-state index contributed by atoms with van der Waals surface area (Å²) in [6.07, 6.45) is 2.85. The average molecular weight is 496 g/mol. The fourth-order valence-electron chi connectivity index (χ4n) is 5.38. The van der Waals surface area contributed by atoms with Crippen LogP contribution >= 0.6 is 15.9 Å². The lowest BCUT2D eigenvalue weighted by molar-refractivity contribution is 0.0564. The summed E-state index contributed by atoms with van der Waals surface area (Å²) >= 11 is 3.70. The maximum atomic E-state index is 5.75. The van der Waals surface area contributed by atoms with Crippen molar-refractivity contribution >= 4 is 15.9 Å². The second kappa shape index (κ2) is 9.90. The summed E-state index contributed by atoms with van der Waals surface area (Å²) in [4.78, 5) is 2.66. The van der Waals surface area contributed by atoms with Crippen LogP contribution in [0.1, 0.15) is 64.7 Å². The summed E-state index contributed by atoms with van der Waals surface area (Å²) in [6.45, 7) is 10.5. The number of halogens is 1. The molecule has 1 N–H and O–H groups in total. The highest BCUT2D eigenvalue weighted by Gasteiger charge is 2.37. The maximum Gasteiger partial charge on any atom is 0.0673 e. The molecule has 2 unspecified atom stereocenters. The number of nitrogens with zero attached hydrogens (tertiary/aromatic N) is 2. The van der Waals surface area contributed by atoms with E-state index in [0.29, 0.717) is 12.6 Å². The van der Waals surface area contributed by atoms with E-state index in [2.05, 4.69) is 90.0 Å². The minimum absolute atomic E-state index is 0.125. The Morgan fingerprint density at radius 2 is 1.78 bits per heavy atom. The number of nitrogens with one attached hydrogen (secondary N) is 1. The predicted octanol–water partition coefficient (Wildman–Crippen LogP) is 6.08. The molecule has 0 amide bonds. The molecule has 1 aromatic heterocycles. The van der Waals surface area contributed by atoms with E-state index in [-0.39, 0.29) is 6.04 Å². The van der Waals surface area contributed by atoms with Crippen LogP contribution in [-0.4, -0.2) is 34.9 Å². The van der Waals surface area contributed by atoms with Gasteiger partial charge in [0.2, 0.25) is 0 Å². The Kier molecular flexibility index (Phi) is 7.18. The second-order valence-electron chi connectivity index (χ2n) is 8.88. The summed E-state index contributed by atoms with van der Waals surface area (Å²) in [7, 11) is 1.82. The lowest BCUT2D eigenvalue weighted by Gasteiger charge is -2.43. The average Bonchev–Trinajstić information content (AvgIpc) is 3.18. The zero-order chi connectivity index (χ0) is 22.8. The van der Waals surface area contributed by atoms with Crippen molar-refractivity contribution in [2.24, 2.45) is 0 Å². The SMILES string of the molecule is CCc1n[nH]c(CC)c1C(c1c(C)cc(Br)cc1C)N1Cc2ccccc2CC1COC. The van der Waals surface area contributed by atoms with Crippen molar-refractivity contribution in [3.8, 4) is 0 Å². The summed E-state index contributed by atoms with van der Waals surface area (Å²) in [6, 6.07) is 13.8. The van der Waals surface area contributed by atoms with Crippen LogP contribution in [0.4, 0.5) is 0 Å². The number of benzene rings is 2. The minimum atomic E-state index is 0.125. The fraction of sp³-hybridized carbons (Fsp3) is 0.444. The number of hydrogen-bond acceptors (Lipinski definition) is 3. The highest BCUT2D eigenvalue weighted by molar-refractivity contribution is 9.10. The van der Waals surface area contributed by atoms with E-state index < -0.39 is 0 Å². The number of ether oxygens (including phenoxy) is 1. The van der Waals surface area contributed by atoms with Gasteiger partial charge in [-0.05, 0) is 73.1 Å². The van der Waals surface area contributed by atoms with Gasteiger partial charge in [-0.25, -0.2) is 0 Å². The zero-order valence-corrected chi connectivity index (χ0v) is 21.4. The third-order valence-corrected chi connectivity index (χ3v) is 7.30. The molecule has 1 aliphatic heterocycles. The molecule has 0 saturated carbocycles. The van der Waals surface area contributed by atoms with Gasteiger partial charge >= 0.3 is 0 Å². The standard InChI is InChI=1S/C27H34BrN3O/c1-6-23-26(24(7-2)30-29-23)27(25-17(3)12-21(28)13-18(25)4)31-15-20-11-9-8-10-19(20)14-22(31)16-32-5/h8-13,22,27H,6-7,14-16H2,1-5H3,(H,29,30). The Morgan fingerprint density at radius 1 is 1.09 bits per heavy atom. The summed E-state index contributed by atoms with van der Waals surface area (Å²) < 4.78 is 6.88. The van der Waals surface area contributed by atoms with Crippen molar-refractivity contribution in [2.75, 3.05) is 13.7 Å². The largest absolute Gasteiger partial charge is 0.383 e. The van der Waals surface area contributed by atoms with Gasteiger partial charge in [0.1, 0.15) is 0 Å². The molecule has 5 heteroatoms. The number of methoxy groups -OCH3 is 1. The maximum absolute atomic E-state index is 5.75. The summed E-state index contributed by atoms with van der Waals surface area (Å²) in [5.41, 5.74) is 10.6. The van der Waals surface area contributed by atoms with Crippen LogP contribution in [0.3, 0.4) is 0 Å². The van der Waals surface area contributed by atoms with Crippen molar-refractivity contribution in [3.05, 3.63) is 85.6 Å². The van der Waals surface area contributed by atoms with Gasteiger partial charge in [-0.1, -0.05) is 54.0 Å². The first-order valence-electron chi connectivity index (χ1n) is 11.6. The van der Waals surface area contributed by atoms with Gasteiger partial charge in [-0.2, -0.15) is 5.10 Å². The molecule has 0 radical (unpaired) electrons. The monoisotopic (exact) mass is 495 g/mol. The van der Waals surface area contributed by atoms with E-state index in [0.717, 1.165) is 30.3 Å². The third kappa shape index (κ3) is 4.30. The molecule has 0 spiro atoms. The molecule has 2 aromatic carbocycles. The molecule has 3 aromatic rings. The second-order valence-corrected chi connectivity index (χ2v) is 9.80. The normalized spacial score (nSPS) is 17.4. The van der Waals surface area contributed by atoms with Crippen LogP contribution in [0, 0.1) is 13.8 Å². The van der Waals surface area contributed by atoms with Crippen molar-refractivity contribution < 1.29 is 4.74 Å². The number of fused-ring (bicyclic) bond motifs is 1. The Balaban J connectivity index is 1.95. The van der Waals surface area contributed by atoms with Crippen LogP contribution in [0.25, 0.3) is 0 Å². The molecule has 2 heterocycles. The number of aromatic nitrogens is 2. The molecule has 170 valence electrons. The molecule has 32 heavy (non-hydrogen) atoms. The third-order valence-electron chi connectivity index (χ3n) is 6.84. The van der Waals surface area contributed by atoms with E-state index in [4.69, 9.17) is 9.84 Å². The Labute approximate surface area is 200 Å². The summed E-state index contributed by atoms with van der Waals surface area (Å²) in [5.74, 6) is 0. The van der Waals surface area contributed by atoms with Crippen LogP contribution in [0.5, 0.6) is 0 Å². The highest BCUT2D eigenvalue weighted by atomic mass is 79.9. The number of aryl methyl sites for hydroxylation is 4. The molecule has 2 atom stereocenters. The lowest BCUT2D eigenvalue weighted by atomic mass is 9.84. The molecule has 1 aliphatic rings.